The molecule has 4 aromatic rings. The zero-order valence-corrected chi connectivity index (χ0v) is 24.9. The summed E-state index contributed by atoms with van der Waals surface area (Å²) in [7, 11) is 0. The van der Waals surface area contributed by atoms with Crippen LogP contribution >= 0.6 is 11.3 Å². The van der Waals surface area contributed by atoms with Gasteiger partial charge in [0.05, 0.1) is 35.0 Å². The molecule has 2 atom stereocenters. The maximum absolute atomic E-state index is 14.0. The summed E-state index contributed by atoms with van der Waals surface area (Å²) in [4.78, 5) is 33.3. The lowest BCUT2D eigenvalue weighted by molar-refractivity contribution is -0.132. The molecule has 0 aliphatic carbocycles. The highest BCUT2D eigenvalue weighted by molar-refractivity contribution is 7.22. The first-order chi connectivity index (χ1) is 20.8. The number of aliphatic hydroxyl groups excluding tert-OH is 1. The fraction of sp³-hybridized carbons (Fsp3) is 0.303. The van der Waals surface area contributed by atoms with Crippen molar-refractivity contribution in [1.29, 1.82) is 0 Å². The number of halogens is 1. The first-order valence-corrected chi connectivity index (χ1v) is 15.2. The fourth-order valence-corrected chi connectivity index (χ4v) is 6.49. The van der Waals surface area contributed by atoms with Crippen molar-refractivity contribution < 1.29 is 33.3 Å². The van der Waals surface area contributed by atoms with E-state index in [0.717, 1.165) is 35.5 Å². The quantitative estimate of drug-likeness (QED) is 0.0957. The summed E-state index contributed by atoms with van der Waals surface area (Å²) in [6.45, 7) is 6.77. The third-order valence-electron chi connectivity index (χ3n) is 7.50. The molecule has 3 aromatic carbocycles. The number of hydrogen-bond donors (Lipinski definition) is 1. The van der Waals surface area contributed by atoms with Gasteiger partial charge in [-0.2, -0.15) is 0 Å². The van der Waals surface area contributed by atoms with Crippen molar-refractivity contribution >= 4 is 44.1 Å². The summed E-state index contributed by atoms with van der Waals surface area (Å²) in [6, 6.07) is 13.6. The molecular weight excluding hydrogens is 571 g/mol. The molecule has 1 amide bonds. The number of anilines is 1. The van der Waals surface area contributed by atoms with Crippen LogP contribution in [-0.4, -0.2) is 41.1 Å². The molecule has 0 unspecified atom stereocenters. The SMILES string of the molecule is CCCCOc1ccc([C@H]2C(=C(O)c3ccc4c(c3)C[C@@H](C)O4)C(=O)C(=O)N2c2nc3ccc(F)cc3s2)cc1OCC. The van der Waals surface area contributed by atoms with Gasteiger partial charge in [0.15, 0.2) is 16.6 Å². The number of thiazole rings is 1. The molecule has 1 aromatic heterocycles. The minimum absolute atomic E-state index is 0.00288. The normalized spacial score (nSPS) is 19.1. The zero-order valence-electron chi connectivity index (χ0n) is 24.1. The molecule has 1 fully saturated rings. The molecule has 6 rings (SSSR count). The van der Waals surface area contributed by atoms with Gasteiger partial charge in [0.1, 0.15) is 23.4 Å². The van der Waals surface area contributed by atoms with Gasteiger partial charge in [0.2, 0.25) is 0 Å². The van der Waals surface area contributed by atoms with Crippen LogP contribution in [0.2, 0.25) is 0 Å². The number of amides is 1. The lowest BCUT2D eigenvalue weighted by Gasteiger charge is -2.24. The minimum Gasteiger partial charge on any atom is -0.507 e. The van der Waals surface area contributed by atoms with Crippen molar-refractivity contribution in [2.45, 2.75) is 52.2 Å². The Bertz CT molecular complexity index is 1770. The number of hydrogen-bond acceptors (Lipinski definition) is 8. The Hall–Kier alpha value is -4.44. The van der Waals surface area contributed by atoms with Gasteiger partial charge in [-0.1, -0.05) is 30.7 Å². The lowest BCUT2D eigenvalue weighted by atomic mass is 9.94. The van der Waals surface area contributed by atoms with Crippen LogP contribution in [0.15, 0.2) is 60.2 Å². The molecule has 0 spiro atoms. The summed E-state index contributed by atoms with van der Waals surface area (Å²) in [5.41, 5.74) is 2.24. The number of rotatable bonds is 9. The Kier molecular flexibility index (Phi) is 7.79. The number of aliphatic hydroxyl groups is 1. The van der Waals surface area contributed by atoms with Crippen LogP contribution < -0.4 is 19.1 Å². The zero-order chi connectivity index (χ0) is 30.2. The summed E-state index contributed by atoms with van der Waals surface area (Å²) in [5, 5.41) is 11.9. The van der Waals surface area contributed by atoms with E-state index in [9.17, 15) is 19.1 Å². The minimum atomic E-state index is -1.03. The van der Waals surface area contributed by atoms with Crippen molar-refractivity contribution in [3.63, 3.8) is 0 Å². The van der Waals surface area contributed by atoms with E-state index in [4.69, 9.17) is 14.2 Å². The van der Waals surface area contributed by atoms with Crippen molar-refractivity contribution in [2.24, 2.45) is 0 Å². The number of carbonyl (C=O) groups excluding carboxylic acids is 2. The Morgan fingerprint density at radius 1 is 1.09 bits per heavy atom. The van der Waals surface area contributed by atoms with Crippen LogP contribution in [0.3, 0.4) is 0 Å². The molecule has 10 heteroatoms. The van der Waals surface area contributed by atoms with Gasteiger partial charge >= 0.3 is 5.91 Å². The number of ketones is 1. The van der Waals surface area contributed by atoms with Crippen molar-refractivity contribution in [3.05, 3.63) is 82.7 Å². The van der Waals surface area contributed by atoms with Crippen molar-refractivity contribution in [1.82, 2.24) is 4.98 Å². The molecule has 2 aliphatic heterocycles. The number of ether oxygens (including phenoxy) is 3. The van der Waals surface area contributed by atoms with Gasteiger partial charge in [-0.3, -0.25) is 14.5 Å². The van der Waals surface area contributed by atoms with Crippen molar-refractivity contribution in [3.8, 4) is 17.2 Å². The van der Waals surface area contributed by atoms with E-state index in [1.54, 1.807) is 36.4 Å². The molecule has 0 radical (unpaired) electrons. The number of carbonyl (C=O) groups is 2. The van der Waals surface area contributed by atoms with Crippen LogP contribution in [0, 0.1) is 5.82 Å². The third kappa shape index (κ3) is 5.31. The number of benzene rings is 3. The molecule has 0 bridgehead atoms. The van der Waals surface area contributed by atoms with Crippen LogP contribution in [0.4, 0.5) is 9.52 Å². The predicted octanol–water partition coefficient (Wildman–Crippen LogP) is 6.96. The van der Waals surface area contributed by atoms with Crippen molar-refractivity contribution in [2.75, 3.05) is 18.1 Å². The van der Waals surface area contributed by atoms with E-state index in [1.807, 2.05) is 13.8 Å². The second kappa shape index (κ2) is 11.7. The first-order valence-electron chi connectivity index (χ1n) is 14.4. The third-order valence-corrected chi connectivity index (χ3v) is 8.52. The van der Waals surface area contributed by atoms with E-state index in [-0.39, 0.29) is 22.6 Å². The van der Waals surface area contributed by atoms with E-state index in [1.165, 1.54) is 23.1 Å². The first kappa shape index (κ1) is 28.7. The summed E-state index contributed by atoms with van der Waals surface area (Å²) in [6.07, 6.45) is 2.50. The molecule has 3 heterocycles. The van der Waals surface area contributed by atoms with Crippen LogP contribution in [0.1, 0.15) is 56.3 Å². The van der Waals surface area contributed by atoms with Gasteiger partial charge in [0, 0.05) is 12.0 Å². The van der Waals surface area contributed by atoms with Gasteiger partial charge in [-0.25, -0.2) is 9.37 Å². The van der Waals surface area contributed by atoms with Crippen LogP contribution in [0.5, 0.6) is 17.2 Å². The van der Waals surface area contributed by atoms with Gasteiger partial charge in [0.25, 0.3) is 5.78 Å². The lowest BCUT2D eigenvalue weighted by Crippen LogP contribution is -2.29. The van der Waals surface area contributed by atoms with Gasteiger partial charge < -0.3 is 19.3 Å². The van der Waals surface area contributed by atoms with E-state index in [2.05, 4.69) is 11.9 Å². The molecule has 2 aliphatic rings. The maximum atomic E-state index is 14.0. The Labute approximate surface area is 252 Å². The fourth-order valence-electron chi connectivity index (χ4n) is 5.47. The average molecular weight is 603 g/mol. The topological polar surface area (TPSA) is 98.2 Å². The second-order valence-corrected chi connectivity index (χ2v) is 11.6. The molecule has 8 nitrogen and oxygen atoms in total. The average Bonchev–Trinajstić information content (AvgIpc) is 3.65. The largest absolute Gasteiger partial charge is 0.507 e. The standard InChI is InChI=1S/C33H31FN2O6S/c1-4-6-13-41-25-12-7-19(16-26(25)40-5-2)29-28(30(37)20-8-11-24-21(15-20)14-18(3)42-24)31(38)32(39)36(29)33-35-23-10-9-22(34)17-27(23)43-33/h7-12,15-18,29,37H,4-6,13-14H2,1-3H3/t18-,29+/m1/s1. The van der Waals surface area contributed by atoms with Crippen LogP contribution in [0.25, 0.3) is 16.0 Å². The molecular formula is C33H31FN2O6S. The highest BCUT2D eigenvalue weighted by atomic mass is 32.1. The summed E-state index contributed by atoms with van der Waals surface area (Å²) in [5.74, 6) is -0.707. The summed E-state index contributed by atoms with van der Waals surface area (Å²) < 4.78 is 32.2. The highest BCUT2D eigenvalue weighted by Gasteiger charge is 2.48. The number of fused-ring (bicyclic) bond motifs is 2. The number of Topliss-reactive ketones (excluding diaryl/α,β-unsaturated/α-hetero) is 1. The van der Waals surface area contributed by atoms with E-state index >= 15 is 0 Å². The van der Waals surface area contributed by atoms with Crippen LogP contribution in [-0.2, 0) is 16.0 Å². The molecule has 1 saturated heterocycles. The number of aromatic nitrogens is 1. The molecule has 43 heavy (non-hydrogen) atoms. The molecule has 222 valence electrons. The Balaban J connectivity index is 1.51. The summed E-state index contributed by atoms with van der Waals surface area (Å²) >= 11 is 1.10. The van der Waals surface area contributed by atoms with Gasteiger partial charge in [-0.05, 0) is 79.9 Å². The predicted molar refractivity (Wildman–Crippen MR) is 163 cm³/mol. The van der Waals surface area contributed by atoms with Gasteiger partial charge in [-0.15, -0.1) is 0 Å². The number of nitrogens with zero attached hydrogens (tertiary/aromatic N) is 2. The van der Waals surface area contributed by atoms with E-state index < -0.39 is 23.5 Å². The monoisotopic (exact) mass is 602 g/mol. The molecule has 1 N–H and O–H groups in total. The maximum Gasteiger partial charge on any atom is 0.301 e. The number of unbranched alkanes of at least 4 members (excludes halogenated alkanes) is 1. The molecule has 0 saturated carbocycles. The Morgan fingerprint density at radius 3 is 2.72 bits per heavy atom. The van der Waals surface area contributed by atoms with E-state index in [0.29, 0.717) is 52.5 Å². The highest BCUT2D eigenvalue weighted by Crippen LogP contribution is 2.46. The Morgan fingerprint density at radius 2 is 1.93 bits per heavy atom. The second-order valence-electron chi connectivity index (χ2n) is 10.6. The smallest absolute Gasteiger partial charge is 0.301 e.